The van der Waals surface area contributed by atoms with Crippen LogP contribution in [0.25, 0.3) is 28.1 Å². The van der Waals surface area contributed by atoms with E-state index in [1.165, 1.54) is 0 Å². The van der Waals surface area contributed by atoms with E-state index in [0.29, 0.717) is 48.1 Å². The lowest BCUT2D eigenvalue weighted by Gasteiger charge is -2.26. The molecule has 0 amide bonds. The van der Waals surface area contributed by atoms with E-state index in [1.807, 2.05) is 44.2 Å². The van der Waals surface area contributed by atoms with Crippen molar-refractivity contribution in [3.8, 4) is 23.1 Å². The summed E-state index contributed by atoms with van der Waals surface area (Å²) in [6.07, 6.45) is 3.52. The molecule has 0 aliphatic carbocycles. The van der Waals surface area contributed by atoms with Crippen LogP contribution in [-0.4, -0.2) is 81.2 Å². The highest BCUT2D eigenvalue weighted by atomic mass is 16.5. The first-order chi connectivity index (χ1) is 18.4. The first-order valence-electron chi connectivity index (χ1n) is 12.7. The average molecular weight is 519 g/mol. The summed E-state index contributed by atoms with van der Waals surface area (Å²) in [7, 11) is 1.77. The van der Waals surface area contributed by atoms with Crippen molar-refractivity contribution in [2.24, 2.45) is 17.8 Å². The van der Waals surface area contributed by atoms with Gasteiger partial charge in [-0.15, -0.1) is 0 Å². The van der Waals surface area contributed by atoms with Crippen LogP contribution in [-0.2, 0) is 11.8 Å². The van der Waals surface area contributed by atoms with Gasteiger partial charge in [0, 0.05) is 25.5 Å². The molecule has 2 aromatic heterocycles. The van der Waals surface area contributed by atoms with Gasteiger partial charge in [-0.2, -0.15) is 15.5 Å². The van der Waals surface area contributed by atoms with E-state index in [0.717, 1.165) is 28.7 Å². The van der Waals surface area contributed by atoms with Crippen molar-refractivity contribution in [3.63, 3.8) is 0 Å². The molecule has 1 atom stereocenters. The van der Waals surface area contributed by atoms with E-state index in [9.17, 15) is 10.4 Å². The molecular weight excluding hydrogens is 484 g/mol. The number of nitrogens with one attached hydrogen (secondary N) is 1. The second-order valence-electron chi connectivity index (χ2n) is 8.99. The second-order valence-corrected chi connectivity index (χ2v) is 8.99. The van der Waals surface area contributed by atoms with Crippen LogP contribution in [0.2, 0.25) is 0 Å². The summed E-state index contributed by atoms with van der Waals surface area (Å²) in [4.78, 5) is 6.85. The maximum Gasteiger partial charge on any atom is 0.221 e. The minimum atomic E-state index is -0.236. The Bertz CT molecular complexity index is 1430. The Kier molecular flexibility index (Phi) is 8.45. The van der Waals surface area contributed by atoms with E-state index in [4.69, 9.17) is 15.2 Å². The third-order valence-corrected chi connectivity index (χ3v) is 6.32. The number of hydrogen-bond donors (Lipinski definition) is 3. The standard InChI is InChI=1S/C27H34N8O3/c1-5-35-15-17(3)38-27-25(23(14-28)33-34(27)4)18-7-9-21-20(13-18)22(32-31-21)10-8-19(26(29)37-6-2)24(16-35)30-11-12-36/h7-10,13,17,36H,5-6,11-12,15-16,29H2,1-4H3,(H,31,32)/b10-8+,26-19+,30-24?/t17-/m0/s1. The molecule has 11 heteroatoms. The lowest BCUT2D eigenvalue weighted by atomic mass is 10.0. The Hall–Kier alpha value is -4.14. The fraction of sp³-hybridized carbons (Fsp3) is 0.407. The SMILES string of the molecule is CCO/C(N)=C1\C=C\c2[nH]nc3ccc(cc23)-c2c(C#N)nn(C)c2O[C@@H](C)CN(CC)CC1=NCCO. The molecule has 0 unspecified atom stereocenters. The average Bonchev–Trinajstić information content (AvgIpc) is 3.45. The van der Waals surface area contributed by atoms with Crippen LogP contribution in [0.5, 0.6) is 5.88 Å². The zero-order chi connectivity index (χ0) is 27.2. The lowest BCUT2D eigenvalue weighted by molar-refractivity contribution is 0.149. The quantitative estimate of drug-likeness (QED) is 0.436. The number of aromatic amines is 1. The number of benzene rings is 1. The maximum atomic E-state index is 9.84. The normalized spacial score (nSPS) is 19.9. The summed E-state index contributed by atoms with van der Waals surface area (Å²) < 4.78 is 13.7. The number of nitrogens with two attached hydrogens (primary N) is 1. The number of aliphatic imine (C=N–C) groups is 1. The topological polar surface area (TPSA) is 151 Å². The van der Waals surface area contributed by atoms with Crippen LogP contribution < -0.4 is 10.5 Å². The number of H-pyrrole nitrogens is 1. The molecule has 0 radical (unpaired) electrons. The smallest absolute Gasteiger partial charge is 0.221 e. The van der Waals surface area contributed by atoms with Crippen LogP contribution in [0, 0.1) is 11.3 Å². The Morgan fingerprint density at radius 1 is 1.37 bits per heavy atom. The van der Waals surface area contributed by atoms with Crippen molar-refractivity contribution < 1.29 is 14.6 Å². The molecule has 11 nitrogen and oxygen atoms in total. The van der Waals surface area contributed by atoms with Gasteiger partial charge in [0.25, 0.3) is 0 Å². The molecule has 200 valence electrons. The summed E-state index contributed by atoms with van der Waals surface area (Å²) in [5, 5.41) is 32.1. The molecule has 4 rings (SSSR count). The van der Waals surface area contributed by atoms with Crippen LogP contribution in [0.3, 0.4) is 0 Å². The largest absolute Gasteiger partial charge is 0.479 e. The highest BCUT2D eigenvalue weighted by molar-refractivity contribution is 6.05. The van der Waals surface area contributed by atoms with E-state index in [2.05, 4.69) is 38.2 Å². The van der Waals surface area contributed by atoms with E-state index in [-0.39, 0.29) is 25.1 Å². The van der Waals surface area contributed by atoms with Crippen molar-refractivity contribution >= 4 is 22.7 Å². The molecule has 0 spiro atoms. The maximum absolute atomic E-state index is 9.84. The monoisotopic (exact) mass is 518 g/mol. The Balaban J connectivity index is 1.95. The molecule has 3 aromatic rings. The first kappa shape index (κ1) is 26.9. The van der Waals surface area contributed by atoms with Crippen molar-refractivity contribution in [2.45, 2.75) is 26.9 Å². The number of ether oxygens (including phenoxy) is 2. The number of aromatic nitrogens is 4. The highest BCUT2D eigenvalue weighted by Gasteiger charge is 2.24. The number of hydrogen-bond acceptors (Lipinski definition) is 9. The molecule has 1 aliphatic rings. The predicted molar refractivity (Wildman–Crippen MR) is 146 cm³/mol. The molecule has 1 aromatic carbocycles. The number of aliphatic hydroxyl groups is 1. The van der Waals surface area contributed by atoms with Gasteiger partial charge in [-0.1, -0.05) is 13.0 Å². The van der Waals surface area contributed by atoms with Crippen LogP contribution in [0.15, 0.2) is 40.7 Å². The summed E-state index contributed by atoms with van der Waals surface area (Å²) in [5.41, 5.74) is 11.0. The third-order valence-electron chi connectivity index (χ3n) is 6.32. The van der Waals surface area contributed by atoms with Gasteiger partial charge in [0.15, 0.2) is 11.6 Å². The van der Waals surface area contributed by atoms with Gasteiger partial charge in [-0.05, 0) is 50.2 Å². The Morgan fingerprint density at radius 2 is 2.18 bits per heavy atom. The lowest BCUT2D eigenvalue weighted by Crippen LogP contribution is -2.38. The molecule has 0 saturated carbocycles. The minimum Gasteiger partial charge on any atom is -0.479 e. The number of fused-ring (bicyclic) bond motifs is 3. The van der Waals surface area contributed by atoms with Crippen molar-refractivity contribution in [3.05, 3.63) is 47.1 Å². The number of allylic oxidation sites excluding steroid dienone is 1. The Labute approximate surface area is 221 Å². The van der Waals surface area contributed by atoms with Crippen molar-refractivity contribution in [1.82, 2.24) is 24.9 Å². The van der Waals surface area contributed by atoms with E-state index >= 15 is 0 Å². The third kappa shape index (κ3) is 5.56. The zero-order valence-corrected chi connectivity index (χ0v) is 22.2. The summed E-state index contributed by atoms with van der Waals surface area (Å²) in [5.74, 6) is 0.780. The van der Waals surface area contributed by atoms with Gasteiger partial charge in [-0.3, -0.25) is 15.0 Å². The molecular formula is C27H34N8O3. The van der Waals surface area contributed by atoms with Crippen LogP contribution >= 0.6 is 0 Å². The van der Waals surface area contributed by atoms with Crippen molar-refractivity contribution in [1.29, 1.82) is 5.26 Å². The van der Waals surface area contributed by atoms with Gasteiger partial charge < -0.3 is 20.3 Å². The number of nitriles is 1. The first-order valence-corrected chi connectivity index (χ1v) is 12.7. The fourth-order valence-corrected chi connectivity index (χ4v) is 4.53. The number of rotatable bonds is 5. The van der Waals surface area contributed by atoms with Gasteiger partial charge in [-0.25, -0.2) is 4.68 Å². The molecule has 0 fully saturated rings. The summed E-state index contributed by atoms with van der Waals surface area (Å²) >= 11 is 0. The molecule has 38 heavy (non-hydrogen) atoms. The number of aliphatic hydroxyl groups excluding tert-OH is 1. The van der Waals surface area contributed by atoms with Crippen LogP contribution in [0.1, 0.15) is 32.2 Å². The fourth-order valence-electron chi connectivity index (χ4n) is 4.53. The summed E-state index contributed by atoms with van der Waals surface area (Å²) in [6.45, 7) is 8.24. The minimum absolute atomic E-state index is 0.0842. The number of likely N-dealkylation sites (N-methyl/N-ethyl adjacent to an activating group) is 1. The summed E-state index contributed by atoms with van der Waals surface area (Å²) in [6, 6.07) is 8.00. The molecule has 3 heterocycles. The number of aryl methyl sites for hydroxylation is 1. The van der Waals surface area contributed by atoms with Gasteiger partial charge >= 0.3 is 0 Å². The van der Waals surface area contributed by atoms with Crippen molar-refractivity contribution in [2.75, 3.05) is 39.4 Å². The second kappa shape index (κ2) is 11.9. The Morgan fingerprint density at radius 3 is 2.89 bits per heavy atom. The highest BCUT2D eigenvalue weighted by Crippen LogP contribution is 2.36. The zero-order valence-electron chi connectivity index (χ0n) is 22.2. The van der Waals surface area contributed by atoms with Crippen LogP contribution in [0.4, 0.5) is 0 Å². The van der Waals surface area contributed by atoms with Gasteiger partial charge in [0.1, 0.15) is 12.2 Å². The molecule has 1 aliphatic heterocycles. The molecule has 0 saturated heterocycles. The molecule has 4 N–H and O–H groups in total. The van der Waals surface area contributed by atoms with Gasteiger partial charge in [0.05, 0.1) is 47.8 Å². The number of nitrogens with zero attached hydrogens (tertiary/aromatic N) is 6. The van der Waals surface area contributed by atoms with E-state index < -0.39 is 0 Å². The van der Waals surface area contributed by atoms with Gasteiger partial charge in [0.2, 0.25) is 5.88 Å². The molecule has 2 bridgehead atoms. The predicted octanol–water partition coefficient (Wildman–Crippen LogP) is 2.59. The van der Waals surface area contributed by atoms with E-state index in [1.54, 1.807) is 11.7 Å².